The van der Waals surface area contributed by atoms with Crippen LogP contribution in [0.5, 0.6) is 0 Å². The molecule has 0 radical (unpaired) electrons. The van der Waals surface area contributed by atoms with Crippen LogP contribution < -0.4 is 0 Å². The van der Waals surface area contributed by atoms with E-state index in [0.717, 1.165) is 10.6 Å². The van der Waals surface area contributed by atoms with Gasteiger partial charge in [-0.05, 0) is 13.8 Å². The number of aryl methyl sites for hydroxylation is 2. The summed E-state index contributed by atoms with van der Waals surface area (Å²) in [5.41, 5.74) is 3.40. The molecule has 0 saturated heterocycles. The average Bonchev–Trinajstić information content (AvgIpc) is 2.83. The minimum atomic E-state index is -0.443. The lowest BCUT2D eigenvalue weighted by molar-refractivity contribution is 0.0599. The van der Waals surface area contributed by atoms with Gasteiger partial charge in [0.25, 0.3) is 0 Å². The summed E-state index contributed by atoms with van der Waals surface area (Å²) in [6.07, 6.45) is 0. The molecule has 0 bridgehead atoms. The fourth-order valence-electron chi connectivity index (χ4n) is 1.40. The van der Waals surface area contributed by atoms with E-state index in [1.54, 1.807) is 12.4 Å². The van der Waals surface area contributed by atoms with Crippen LogP contribution in [-0.4, -0.2) is 23.2 Å². The van der Waals surface area contributed by atoms with E-state index in [-0.39, 0.29) is 0 Å². The SMILES string of the molecule is COC(=O)c1c(-c2scnc2C)noc1C. The number of ether oxygens (including phenoxy) is 1. The highest BCUT2D eigenvalue weighted by molar-refractivity contribution is 7.13. The van der Waals surface area contributed by atoms with E-state index in [2.05, 4.69) is 10.1 Å². The van der Waals surface area contributed by atoms with Gasteiger partial charge in [-0.1, -0.05) is 5.16 Å². The summed E-state index contributed by atoms with van der Waals surface area (Å²) < 4.78 is 9.72. The van der Waals surface area contributed by atoms with Gasteiger partial charge in [-0.25, -0.2) is 9.78 Å². The standard InChI is InChI=1S/C10H10N2O3S/c1-5-9(16-4-11-5)8-7(10(13)14-3)6(2)15-12-8/h4H,1-3H3. The van der Waals surface area contributed by atoms with Crippen LogP contribution in [0.25, 0.3) is 10.6 Å². The highest BCUT2D eigenvalue weighted by Gasteiger charge is 2.24. The normalized spacial score (nSPS) is 10.4. The predicted octanol–water partition coefficient (Wildman–Crippen LogP) is 2.20. The van der Waals surface area contributed by atoms with Gasteiger partial charge in [0.05, 0.1) is 23.2 Å². The second kappa shape index (κ2) is 4.05. The second-order valence-electron chi connectivity index (χ2n) is 3.22. The third-order valence-electron chi connectivity index (χ3n) is 2.21. The number of rotatable bonds is 2. The number of nitrogens with zero attached hydrogens (tertiary/aromatic N) is 2. The van der Waals surface area contributed by atoms with E-state index in [0.29, 0.717) is 17.0 Å². The zero-order valence-corrected chi connectivity index (χ0v) is 9.92. The van der Waals surface area contributed by atoms with Crippen molar-refractivity contribution in [1.29, 1.82) is 0 Å². The molecule has 0 spiro atoms. The summed E-state index contributed by atoms with van der Waals surface area (Å²) >= 11 is 1.42. The fraction of sp³-hybridized carbons (Fsp3) is 0.300. The Hall–Kier alpha value is -1.69. The van der Waals surface area contributed by atoms with Crippen LogP contribution in [-0.2, 0) is 4.74 Å². The molecular formula is C10H10N2O3S. The van der Waals surface area contributed by atoms with Crippen LogP contribution in [0.3, 0.4) is 0 Å². The van der Waals surface area contributed by atoms with Crippen LogP contribution in [0.1, 0.15) is 21.8 Å². The molecule has 0 saturated carbocycles. The molecule has 84 valence electrons. The molecule has 0 aliphatic rings. The summed E-state index contributed by atoms with van der Waals surface area (Å²) in [5.74, 6) is 0.0104. The first-order chi connectivity index (χ1) is 7.65. The Bertz CT molecular complexity index is 530. The quantitative estimate of drug-likeness (QED) is 0.750. The molecule has 2 rings (SSSR count). The smallest absolute Gasteiger partial charge is 0.343 e. The van der Waals surface area contributed by atoms with Crippen molar-refractivity contribution >= 4 is 17.3 Å². The number of thiazole rings is 1. The van der Waals surface area contributed by atoms with Crippen LogP contribution in [0, 0.1) is 13.8 Å². The predicted molar refractivity (Wildman–Crippen MR) is 58.4 cm³/mol. The Labute approximate surface area is 96.0 Å². The molecule has 0 amide bonds. The molecule has 0 atom stereocenters. The van der Waals surface area contributed by atoms with Gasteiger partial charge in [-0.15, -0.1) is 11.3 Å². The first-order valence-electron chi connectivity index (χ1n) is 4.60. The first-order valence-corrected chi connectivity index (χ1v) is 5.48. The molecule has 0 aliphatic heterocycles. The van der Waals surface area contributed by atoms with Crippen molar-refractivity contribution in [2.45, 2.75) is 13.8 Å². The number of carbonyl (C=O) groups is 1. The van der Waals surface area contributed by atoms with Gasteiger partial charge in [0.2, 0.25) is 0 Å². The summed E-state index contributed by atoms with van der Waals surface area (Å²) in [6, 6.07) is 0. The van der Waals surface area contributed by atoms with Crippen molar-refractivity contribution in [1.82, 2.24) is 10.1 Å². The molecule has 2 heterocycles. The van der Waals surface area contributed by atoms with Gasteiger partial charge in [-0.2, -0.15) is 0 Å². The van der Waals surface area contributed by atoms with E-state index in [4.69, 9.17) is 9.26 Å². The van der Waals surface area contributed by atoms with E-state index in [1.165, 1.54) is 18.4 Å². The Morgan fingerprint density at radius 3 is 2.81 bits per heavy atom. The molecular weight excluding hydrogens is 228 g/mol. The van der Waals surface area contributed by atoms with Gasteiger partial charge in [0.1, 0.15) is 17.0 Å². The van der Waals surface area contributed by atoms with Crippen LogP contribution in [0.15, 0.2) is 10.0 Å². The fourth-order valence-corrected chi connectivity index (χ4v) is 2.19. The van der Waals surface area contributed by atoms with E-state index in [9.17, 15) is 4.79 Å². The third-order valence-corrected chi connectivity index (χ3v) is 3.15. The molecule has 0 aromatic carbocycles. The Balaban J connectivity index is 2.59. The number of hydrogen-bond acceptors (Lipinski definition) is 6. The van der Waals surface area contributed by atoms with Gasteiger partial charge in [-0.3, -0.25) is 0 Å². The summed E-state index contributed by atoms with van der Waals surface area (Å²) in [4.78, 5) is 16.5. The Morgan fingerprint density at radius 1 is 1.50 bits per heavy atom. The maximum absolute atomic E-state index is 11.6. The molecule has 16 heavy (non-hydrogen) atoms. The van der Waals surface area contributed by atoms with Crippen LogP contribution >= 0.6 is 11.3 Å². The van der Waals surface area contributed by atoms with Gasteiger partial charge in [0.15, 0.2) is 0 Å². The zero-order chi connectivity index (χ0) is 11.7. The molecule has 6 heteroatoms. The lowest BCUT2D eigenvalue weighted by Crippen LogP contribution is -2.03. The van der Waals surface area contributed by atoms with Crippen molar-refractivity contribution in [2.24, 2.45) is 0 Å². The Kier molecular flexibility index (Phi) is 2.74. The number of hydrogen-bond donors (Lipinski definition) is 0. The maximum atomic E-state index is 11.6. The van der Waals surface area contributed by atoms with Gasteiger partial charge >= 0.3 is 5.97 Å². The van der Waals surface area contributed by atoms with Crippen molar-refractivity contribution in [3.63, 3.8) is 0 Å². The second-order valence-corrected chi connectivity index (χ2v) is 4.08. The van der Waals surface area contributed by atoms with Crippen molar-refractivity contribution < 1.29 is 14.1 Å². The molecule has 2 aromatic rings. The lowest BCUT2D eigenvalue weighted by atomic mass is 10.1. The highest BCUT2D eigenvalue weighted by Crippen LogP contribution is 2.31. The Morgan fingerprint density at radius 2 is 2.25 bits per heavy atom. The minimum Gasteiger partial charge on any atom is -0.465 e. The largest absolute Gasteiger partial charge is 0.465 e. The van der Waals surface area contributed by atoms with Crippen molar-refractivity contribution in [3.05, 3.63) is 22.5 Å². The molecule has 0 aliphatic carbocycles. The van der Waals surface area contributed by atoms with Gasteiger partial charge < -0.3 is 9.26 Å². The van der Waals surface area contributed by atoms with Crippen LogP contribution in [0.2, 0.25) is 0 Å². The maximum Gasteiger partial charge on any atom is 0.343 e. The van der Waals surface area contributed by atoms with Crippen molar-refractivity contribution in [3.8, 4) is 10.6 Å². The van der Waals surface area contributed by atoms with E-state index in [1.807, 2.05) is 6.92 Å². The summed E-state index contributed by atoms with van der Waals surface area (Å²) in [6.45, 7) is 3.54. The highest BCUT2D eigenvalue weighted by atomic mass is 32.1. The average molecular weight is 238 g/mol. The molecule has 2 aromatic heterocycles. The summed E-state index contributed by atoms with van der Waals surface area (Å²) in [7, 11) is 1.33. The van der Waals surface area contributed by atoms with Gasteiger partial charge in [0, 0.05) is 0 Å². The first kappa shape index (κ1) is 10.8. The number of aromatic nitrogens is 2. The molecule has 0 fully saturated rings. The van der Waals surface area contributed by atoms with Crippen LogP contribution in [0.4, 0.5) is 0 Å². The summed E-state index contributed by atoms with van der Waals surface area (Å²) in [5, 5.41) is 3.88. The minimum absolute atomic E-state index is 0.370. The molecule has 5 nitrogen and oxygen atoms in total. The number of carbonyl (C=O) groups excluding carboxylic acids is 1. The topological polar surface area (TPSA) is 65.2 Å². The van der Waals surface area contributed by atoms with E-state index >= 15 is 0 Å². The number of esters is 1. The number of methoxy groups -OCH3 is 1. The van der Waals surface area contributed by atoms with Crippen molar-refractivity contribution in [2.75, 3.05) is 7.11 Å². The molecule has 0 unspecified atom stereocenters. The third kappa shape index (κ3) is 1.61. The van der Waals surface area contributed by atoms with E-state index < -0.39 is 5.97 Å². The zero-order valence-electron chi connectivity index (χ0n) is 9.10. The lowest BCUT2D eigenvalue weighted by Gasteiger charge is -1.98. The molecule has 0 N–H and O–H groups in total. The monoisotopic (exact) mass is 238 g/mol.